The normalized spacial score (nSPS) is 26.4. The summed E-state index contributed by atoms with van der Waals surface area (Å²) < 4.78 is 7.21. The van der Waals surface area contributed by atoms with Gasteiger partial charge in [-0.1, -0.05) is 13.8 Å². The van der Waals surface area contributed by atoms with Gasteiger partial charge in [0.25, 0.3) is 5.91 Å². The molecule has 4 atom stereocenters. The Balaban J connectivity index is 1.78. The molecule has 3 heterocycles. The van der Waals surface area contributed by atoms with Gasteiger partial charge in [-0.05, 0) is 25.7 Å². The lowest BCUT2D eigenvalue weighted by molar-refractivity contribution is -0.147. The van der Waals surface area contributed by atoms with Crippen LogP contribution in [0.25, 0.3) is 0 Å². The van der Waals surface area contributed by atoms with Crippen molar-refractivity contribution in [3.8, 4) is 0 Å². The maximum atomic E-state index is 12.8. The van der Waals surface area contributed by atoms with Crippen LogP contribution in [0.5, 0.6) is 0 Å². The van der Waals surface area contributed by atoms with E-state index in [9.17, 15) is 19.5 Å². The Labute approximate surface area is 157 Å². The number of carboxylic acid groups (broad SMARTS) is 1. The monoisotopic (exact) mass is 378 g/mol. The number of aryl methyl sites for hydroxylation is 1. The van der Waals surface area contributed by atoms with Crippen LogP contribution in [0.1, 0.15) is 44.1 Å². The molecule has 2 fully saturated rings. The molecule has 148 valence electrons. The number of anilines is 1. The predicted molar refractivity (Wildman–Crippen MR) is 96.2 cm³/mol. The van der Waals surface area contributed by atoms with Gasteiger partial charge in [0, 0.05) is 19.3 Å². The van der Waals surface area contributed by atoms with Crippen LogP contribution in [0.3, 0.4) is 0 Å². The minimum absolute atomic E-state index is 0.127. The number of nitrogens with zero attached hydrogens (tertiary/aromatic N) is 2. The van der Waals surface area contributed by atoms with Crippen LogP contribution in [-0.4, -0.2) is 51.4 Å². The van der Waals surface area contributed by atoms with E-state index in [1.54, 1.807) is 10.9 Å². The Morgan fingerprint density at radius 1 is 1.30 bits per heavy atom. The topological polar surface area (TPSA) is 123 Å². The SMILES string of the molecule is CCn1cc(NC(=O)[C@@H]2[C@@H](C(=O)O)[C@@H]3CC[C@H]2O3)c(C(=O)NCC(C)C)n1. The molecule has 1 aromatic heterocycles. The number of rotatable bonds is 7. The molecular formula is C18H26N4O5. The second-order valence-corrected chi connectivity index (χ2v) is 7.52. The van der Waals surface area contributed by atoms with Gasteiger partial charge in [0.15, 0.2) is 5.69 Å². The summed E-state index contributed by atoms with van der Waals surface area (Å²) in [7, 11) is 0. The van der Waals surface area contributed by atoms with Crippen molar-refractivity contribution in [1.29, 1.82) is 0 Å². The molecule has 3 N–H and O–H groups in total. The fraction of sp³-hybridized carbons (Fsp3) is 0.667. The highest BCUT2D eigenvalue weighted by atomic mass is 16.5. The number of hydrogen-bond donors (Lipinski definition) is 3. The molecule has 2 saturated heterocycles. The molecule has 9 heteroatoms. The van der Waals surface area contributed by atoms with Gasteiger partial charge in [-0.15, -0.1) is 0 Å². The van der Waals surface area contributed by atoms with Crippen molar-refractivity contribution in [2.24, 2.45) is 17.8 Å². The Kier molecular flexibility index (Phi) is 5.50. The van der Waals surface area contributed by atoms with E-state index < -0.39 is 35.9 Å². The molecule has 0 spiro atoms. The molecule has 9 nitrogen and oxygen atoms in total. The number of aliphatic carboxylic acids is 1. The molecule has 2 amide bonds. The number of fused-ring (bicyclic) bond motifs is 2. The smallest absolute Gasteiger partial charge is 0.310 e. The molecule has 0 radical (unpaired) electrons. The first-order chi connectivity index (χ1) is 12.8. The molecule has 27 heavy (non-hydrogen) atoms. The first-order valence-corrected chi connectivity index (χ1v) is 9.36. The van der Waals surface area contributed by atoms with Crippen LogP contribution >= 0.6 is 0 Å². The van der Waals surface area contributed by atoms with Crippen LogP contribution in [-0.2, 0) is 20.9 Å². The Morgan fingerprint density at radius 2 is 1.96 bits per heavy atom. The average molecular weight is 378 g/mol. The summed E-state index contributed by atoms with van der Waals surface area (Å²) in [6.45, 7) is 6.87. The highest BCUT2D eigenvalue weighted by molar-refractivity contribution is 6.03. The number of hydrogen-bond acceptors (Lipinski definition) is 5. The Hall–Kier alpha value is -2.42. The third-order valence-corrected chi connectivity index (χ3v) is 5.09. The molecule has 2 bridgehead atoms. The standard InChI is InChI=1S/C18H26N4O5/c1-4-22-8-10(15(21-22)17(24)19-7-9(2)3)20-16(23)13-11-5-6-12(27-11)14(13)18(25)26/h8-9,11-14H,4-7H2,1-3H3,(H,19,24)(H,20,23)(H,25,26)/t11-,12+,13+,14+/m1/s1. The van der Waals surface area contributed by atoms with E-state index in [4.69, 9.17) is 4.74 Å². The minimum Gasteiger partial charge on any atom is -0.481 e. The summed E-state index contributed by atoms with van der Waals surface area (Å²) in [6.07, 6.45) is 2.10. The summed E-state index contributed by atoms with van der Waals surface area (Å²) in [5.41, 5.74) is 0.414. The molecular weight excluding hydrogens is 352 g/mol. The molecule has 0 aromatic carbocycles. The van der Waals surface area contributed by atoms with E-state index in [0.29, 0.717) is 25.9 Å². The van der Waals surface area contributed by atoms with Gasteiger partial charge >= 0.3 is 5.97 Å². The fourth-order valence-electron chi connectivity index (χ4n) is 3.76. The first-order valence-electron chi connectivity index (χ1n) is 9.36. The van der Waals surface area contributed by atoms with Crippen molar-refractivity contribution < 1.29 is 24.2 Å². The zero-order valence-corrected chi connectivity index (χ0v) is 15.8. The lowest BCUT2D eigenvalue weighted by Gasteiger charge is -2.23. The third kappa shape index (κ3) is 3.83. The average Bonchev–Trinajstić information content (AvgIpc) is 3.32. The lowest BCUT2D eigenvalue weighted by atomic mass is 9.78. The van der Waals surface area contributed by atoms with E-state index in [0.717, 1.165) is 0 Å². The highest BCUT2D eigenvalue weighted by Crippen LogP contribution is 2.44. The fourth-order valence-corrected chi connectivity index (χ4v) is 3.76. The van der Waals surface area contributed by atoms with Gasteiger partial charge in [-0.25, -0.2) is 0 Å². The van der Waals surface area contributed by atoms with Crippen molar-refractivity contribution in [3.05, 3.63) is 11.9 Å². The van der Waals surface area contributed by atoms with Crippen molar-refractivity contribution in [1.82, 2.24) is 15.1 Å². The Morgan fingerprint density at radius 3 is 2.56 bits per heavy atom. The molecule has 0 unspecified atom stereocenters. The van der Waals surface area contributed by atoms with Gasteiger partial charge < -0.3 is 20.5 Å². The van der Waals surface area contributed by atoms with Gasteiger partial charge in [0.1, 0.15) is 0 Å². The summed E-state index contributed by atoms with van der Waals surface area (Å²) in [5, 5.41) is 19.2. The van der Waals surface area contributed by atoms with Crippen LogP contribution in [0.15, 0.2) is 6.20 Å². The second kappa shape index (κ2) is 7.67. The van der Waals surface area contributed by atoms with E-state index in [1.807, 2.05) is 20.8 Å². The van der Waals surface area contributed by atoms with E-state index in [1.165, 1.54) is 0 Å². The van der Waals surface area contributed by atoms with Crippen molar-refractivity contribution in [3.63, 3.8) is 0 Å². The summed E-state index contributed by atoms with van der Waals surface area (Å²) in [6, 6.07) is 0. The molecule has 1 aromatic rings. The van der Waals surface area contributed by atoms with Gasteiger partial charge in [0.05, 0.1) is 29.7 Å². The lowest BCUT2D eigenvalue weighted by Crippen LogP contribution is -2.41. The number of nitrogens with one attached hydrogen (secondary N) is 2. The molecule has 2 aliphatic rings. The zero-order valence-electron chi connectivity index (χ0n) is 15.8. The predicted octanol–water partition coefficient (Wildman–Crippen LogP) is 1.11. The number of ether oxygens (including phenoxy) is 1. The van der Waals surface area contributed by atoms with Gasteiger partial charge in [0.2, 0.25) is 5.91 Å². The number of carboxylic acids is 1. The molecule has 0 saturated carbocycles. The van der Waals surface area contributed by atoms with Crippen LogP contribution in [0, 0.1) is 17.8 Å². The number of carbonyl (C=O) groups is 3. The van der Waals surface area contributed by atoms with E-state index >= 15 is 0 Å². The summed E-state index contributed by atoms with van der Waals surface area (Å²) in [5.74, 6) is -3.18. The van der Waals surface area contributed by atoms with E-state index in [-0.39, 0.29) is 23.2 Å². The second-order valence-electron chi connectivity index (χ2n) is 7.52. The van der Waals surface area contributed by atoms with Crippen LogP contribution in [0.4, 0.5) is 5.69 Å². The maximum absolute atomic E-state index is 12.8. The summed E-state index contributed by atoms with van der Waals surface area (Å²) >= 11 is 0. The zero-order chi connectivity index (χ0) is 19.7. The Bertz CT molecular complexity index is 744. The first kappa shape index (κ1) is 19.3. The minimum atomic E-state index is -1.03. The van der Waals surface area contributed by atoms with E-state index in [2.05, 4.69) is 15.7 Å². The van der Waals surface area contributed by atoms with Gasteiger partial charge in [-0.2, -0.15) is 5.10 Å². The van der Waals surface area contributed by atoms with Crippen LogP contribution < -0.4 is 10.6 Å². The van der Waals surface area contributed by atoms with Crippen molar-refractivity contribution in [2.75, 3.05) is 11.9 Å². The quantitative estimate of drug-likeness (QED) is 0.653. The molecule has 2 aliphatic heterocycles. The molecule has 3 rings (SSSR count). The van der Waals surface area contributed by atoms with Gasteiger partial charge in [-0.3, -0.25) is 19.1 Å². The highest BCUT2D eigenvalue weighted by Gasteiger charge is 2.55. The molecule has 0 aliphatic carbocycles. The number of amides is 2. The third-order valence-electron chi connectivity index (χ3n) is 5.09. The largest absolute Gasteiger partial charge is 0.481 e. The van der Waals surface area contributed by atoms with Crippen molar-refractivity contribution >= 4 is 23.5 Å². The van der Waals surface area contributed by atoms with Crippen LogP contribution in [0.2, 0.25) is 0 Å². The number of carbonyl (C=O) groups excluding carboxylic acids is 2. The summed E-state index contributed by atoms with van der Waals surface area (Å²) in [4.78, 5) is 36.9. The van der Waals surface area contributed by atoms with Crippen molar-refractivity contribution in [2.45, 2.75) is 52.4 Å². The number of aromatic nitrogens is 2. The maximum Gasteiger partial charge on any atom is 0.310 e.